The largest absolute Gasteiger partial charge is 0.497 e. The standard InChI is InChI=1S/C18H17NO3S/c1-22-17-8-10-18(11-9-17)23(20,21)19-13-14-6-7-15-4-2-3-5-16(15)12-14/h2-12,19H,13H2,1H3. The molecule has 3 rings (SSSR count). The van der Waals surface area contributed by atoms with Crippen molar-refractivity contribution in [3.05, 3.63) is 72.3 Å². The molecule has 0 aliphatic rings. The SMILES string of the molecule is COc1ccc(S(=O)(=O)NCc2ccc3ccccc3c2)cc1. The molecule has 4 nitrogen and oxygen atoms in total. The van der Waals surface area contributed by atoms with Gasteiger partial charge in [-0.15, -0.1) is 0 Å². The first-order valence-electron chi connectivity index (χ1n) is 7.20. The number of sulfonamides is 1. The van der Waals surface area contributed by atoms with Gasteiger partial charge >= 0.3 is 0 Å². The summed E-state index contributed by atoms with van der Waals surface area (Å²) in [5, 5.41) is 2.22. The predicted octanol–water partition coefficient (Wildman–Crippen LogP) is 3.33. The number of hydrogen-bond acceptors (Lipinski definition) is 3. The average molecular weight is 327 g/mol. The Morgan fingerprint density at radius 3 is 2.30 bits per heavy atom. The van der Waals surface area contributed by atoms with Crippen LogP contribution in [0.15, 0.2) is 71.6 Å². The van der Waals surface area contributed by atoms with Crippen molar-refractivity contribution in [1.82, 2.24) is 4.72 Å². The molecule has 0 fully saturated rings. The summed E-state index contributed by atoms with van der Waals surface area (Å²) in [5.41, 5.74) is 0.917. The monoisotopic (exact) mass is 327 g/mol. The van der Waals surface area contributed by atoms with Crippen LogP contribution in [0.2, 0.25) is 0 Å². The third kappa shape index (κ3) is 3.52. The Kier molecular flexibility index (Phi) is 4.32. The van der Waals surface area contributed by atoms with Gasteiger partial charge in [-0.3, -0.25) is 0 Å². The van der Waals surface area contributed by atoms with Crippen LogP contribution in [0.1, 0.15) is 5.56 Å². The van der Waals surface area contributed by atoms with Crippen LogP contribution in [0.3, 0.4) is 0 Å². The van der Waals surface area contributed by atoms with Gasteiger partial charge in [0, 0.05) is 6.54 Å². The van der Waals surface area contributed by atoms with Crippen molar-refractivity contribution in [2.24, 2.45) is 0 Å². The minimum absolute atomic E-state index is 0.221. The maximum atomic E-state index is 12.3. The van der Waals surface area contributed by atoms with E-state index < -0.39 is 10.0 Å². The third-order valence-corrected chi connectivity index (χ3v) is 5.07. The molecule has 0 radical (unpaired) electrons. The minimum Gasteiger partial charge on any atom is -0.497 e. The molecule has 0 unspecified atom stereocenters. The highest BCUT2D eigenvalue weighted by Gasteiger charge is 2.13. The smallest absolute Gasteiger partial charge is 0.240 e. The van der Waals surface area contributed by atoms with Gasteiger partial charge in [0.05, 0.1) is 12.0 Å². The molecule has 1 N–H and O–H groups in total. The predicted molar refractivity (Wildman–Crippen MR) is 91.0 cm³/mol. The van der Waals surface area contributed by atoms with E-state index in [4.69, 9.17) is 4.74 Å². The molecule has 0 aliphatic carbocycles. The van der Waals surface area contributed by atoms with Gasteiger partial charge in [-0.2, -0.15) is 0 Å². The summed E-state index contributed by atoms with van der Waals surface area (Å²) in [7, 11) is -2.00. The fourth-order valence-electron chi connectivity index (χ4n) is 2.37. The van der Waals surface area contributed by atoms with Crippen molar-refractivity contribution in [2.75, 3.05) is 7.11 Å². The van der Waals surface area contributed by atoms with E-state index >= 15 is 0 Å². The van der Waals surface area contributed by atoms with E-state index in [0.717, 1.165) is 16.3 Å². The molecule has 23 heavy (non-hydrogen) atoms. The van der Waals surface area contributed by atoms with Crippen LogP contribution < -0.4 is 9.46 Å². The maximum absolute atomic E-state index is 12.3. The Labute approximate surface area is 135 Å². The van der Waals surface area contributed by atoms with Crippen molar-refractivity contribution in [1.29, 1.82) is 0 Å². The molecule has 118 valence electrons. The molecule has 0 heterocycles. The first kappa shape index (κ1) is 15.5. The van der Waals surface area contributed by atoms with E-state index in [1.54, 1.807) is 19.2 Å². The Morgan fingerprint density at radius 2 is 1.61 bits per heavy atom. The van der Waals surface area contributed by atoms with E-state index in [0.29, 0.717) is 5.75 Å². The summed E-state index contributed by atoms with van der Waals surface area (Å²) in [6, 6.07) is 20.2. The molecule has 0 aromatic heterocycles. The third-order valence-electron chi connectivity index (χ3n) is 3.65. The van der Waals surface area contributed by atoms with Crippen LogP contribution in [0.4, 0.5) is 0 Å². The van der Waals surface area contributed by atoms with Crippen LogP contribution in [0.25, 0.3) is 10.8 Å². The average Bonchev–Trinajstić information content (AvgIpc) is 2.60. The van der Waals surface area contributed by atoms with E-state index in [1.807, 2.05) is 42.5 Å². The zero-order valence-corrected chi connectivity index (χ0v) is 13.5. The lowest BCUT2D eigenvalue weighted by Gasteiger charge is -2.08. The molecule has 0 saturated heterocycles. The minimum atomic E-state index is -3.54. The lowest BCUT2D eigenvalue weighted by Crippen LogP contribution is -2.23. The lowest BCUT2D eigenvalue weighted by molar-refractivity contribution is 0.414. The summed E-state index contributed by atoms with van der Waals surface area (Å²) >= 11 is 0. The molecule has 0 bridgehead atoms. The van der Waals surface area contributed by atoms with Crippen LogP contribution in [-0.4, -0.2) is 15.5 Å². The molecule has 0 saturated carbocycles. The van der Waals surface area contributed by atoms with Gasteiger partial charge in [-0.1, -0.05) is 36.4 Å². The summed E-state index contributed by atoms with van der Waals surface area (Å²) in [4.78, 5) is 0.221. The molecular weight excluding hydrogens is 310 g/mol. The van der Waals surface area contributed by atoms with Crippen LogP contribution in [0.5, 0.6) is 5.75 Å². The Bertz CT molecular complexity index is 918. The van der Waals surface area contributed by atoms with Gasteiger partial charge in [0.25, 0.3) is 0 Å². The van der Waals surface area contributed by atoms with Gasteiger partial charge in [0.15, 0.2) is 0 Å². The fourth-order valence-corrected chi connectivity index (χ4v) is 3.38. The highest BCUT2D eigenvalue weighted by atomic mass is 32.2. The van der Waals surface area contributed by atoms with Crippen LogP contribution in [-0.2, 0) is 16.6 Å². The summed E-state index contributed by atoms with van der Waals surface area (Å²) in [5.74, 6) is 0.624. The normalized spacial score (nSPS) is 11.5. The zero-order chi connectivity index (χ0) is 16.3. The first-order valence-corrected chi connectivity index (χ1v) is 8.68. The quantitative estimate of drug-likeness (QED) is 0.782. The fraction of sp³-hybridized carbons (Fsp3) is 0.111. The second-order valence-electron chi connectivity index (χ2n) is 5.18. The second kappa shape index (κ2) is 6.40. The van der Waals surface area contributed by atoms with Crippen LogP contribution in [0, 0.1) is 0 Å². The molecular formula is C18H17NO3S. The molecule has 3 aromatic carbocycles. The van der Waals surface area contributed by atoms with E-state index in [9.17, 15) is 8.42 Å². The van der Waals surface area contributed by atoms with E-state index in [2.05, 4.69) is 4.72 Å². The molecule has 0 spiro atoms. The lowest BCUT2D eigenvalue weighted by atomic mass is 10.1. The Morgan fingerprint density at radius 1 is 0.913 bits per heavy atom. The van der Waals surface area contributed by atoms with Gasteiger partial charge in [0.1, 0.15) is 5.75 Å². The van der Waals surface area contributed by atoms with Gasteiger partial charge < -0.3 is 4.74 Å². The van der Waals surface area contributed by atoms with Crippen molar-refractivity contribution >= 4 is 20.8 Å². The molecule has 0 aliphatic heterocycles. The number of nitrogens with one attached hydrogen (secondary N) is 1. The maximum Gasteiger partial charge on any atom is 0.240 e. The van der Waals surface area contributed by atoms with E-state index in [1.165, 1.54) is 12.1 Å². The second-order valence-corrected chi connectivity index (χ2v) is 6.95. The molecule has 0 atom stereocenters. The summed E-state index contributed by atoms with van der Waals surface area (Å²) < 4.78 is 32.3. The highest BCUT2D eigenvalue weighted by molar-refractivity contribution is 7.89. The van der Waals surface area contributed by atoms with Gasteiger partial charge in [0.2, 0.25) is 10.0 Å². The number of fused-ring (bicyclic) bond motifs is 1. The highest BCUT2D eigenvalue weighted by Crippen LogP contribution is 2.18. The van der Waals surface area contributed by atoms with Crippen molar-refractivity contribution < 1.29 is 13.2 Å². The number of rotatable bonds is 5. The number of methoxy groups -OCH3 is 1. The topological polar surface area (TPSA) is 55.4 Å². The zero-order valence-electron chi connectivity index (χ0n) is 12.7. The van der Waals surface area contributed by atoms with E-state index in [-0.39, 0.29) is 11.4 Å². The summed E-state index contributed by atoms with van der Waals surface area (Å²) in [6.07, 6.45) is 0. The molecule has 0 amide bonds. The molecule has 3 aromatic rings. The van der Waals surface area contributed by atoms with Gasteiger partial charge in [-0.25, -0.2) is 13.1 Å². The number of hydrogen-bond donors (Lipinski definition) is 1. The van der Waals surface area contributed by atoms with Crippen molar-refractivity contribution in [2.45, 2.75) is 11.4 Å². The summed E-state index contributed by atoms with van der Waals surface area (Å²) in [6.45, 7) is 0.249. The van der Waals surface area contributed by atoms with Crippen molar-refractivity contribution in [3.63, 3.8) is 0 Å². The number of ether oxygens (including phenoxy) is 1. The Hall–Kier alpha value is -2.37. The van der Waals surface area contributed by atoms with Crippen LogP contribution >= 0.6 is 0 Å². The van der Waals surface area contributed by atoms with Gasteiger partial charge in [-0.05, 0) is 46.7 Å². The van der Waals surface area contributed by atoms with Crippen molar-refractivity contribution in [3.8, 4) is 5.75 Å². The Balaban J connectivity index is 1.77. The number of benzene rings is 3. The first-order chi connectivity index (χ1) is 11.1. The molecule has 5 heteroatoms.